The van der Waals surface area contributed by atoms with Crippen LogP contribution in [0.5, 0.6) is 0 Å². The molecule has 0 spiro atoms. The second kappa shape index (κ2) is 1.82. The first kappa shape index (κ1) is 6.24. The minimum absolute atomic E-state index is 0.359. The van der Waals surface area contributed by atoms with E-state index in [1.165, 1.54) is 6.20 Å². The fourth-order valence-corrected chi connectivity index (χ4v) is 0.798. The fraction of sp³-hybridized carbons (Fsp3) is 0. The van der Waals surface area contributed by atoms with Crippen LogP contribution < -0.4 is 0 Å². The molecule has 0 aromatic carbocycles. The standard InChI is InChI=1S/C3H4N2O3S/c6-9(7,8)3-1-2-4-5-3/h1-2H,(H,4,5)(H,6,7,8). The lowest BCUT2D eigenvalue weighted by atomic mass is 10.8. The van der Waals surface area contributed by atoms with Crippen molar-refractivity contribution in [2.24, 2.45) is 0 Å². The van der Waals surface area contributed by atoms with Crippen LogP contribution in [-0.2, 0) is 10.1 Å². The highest BCUT2D eigenvalue weighted by atomic mass is 32.2. The molecule has 0 fully saturated rings. The van der Waals surface area contributed by atoms with Crippen LogP contribution in [0.1, 0.15) is 0 Å². The highest BCUT2D eigenvalue weighted by Crippen LogP contribution is 1.99. The summed E-state index contributed by atoms with van der Waals surface area (Å²) >= 11 is 0. The van der Waals surface area contributed by atoms with Crippen molar-refractivity contribution in [1.82, 2.24) is 10.2 Å². The number of H-pyrrole nitrogens is 1. The zero-order chi connectivity index (χ0) is 6.91. The summed E-state index contributed by atoms with van der Waals surface area (Å²) < 4.78 is 28.6. The fourth-order valence-electron chi connectivity index (χ4n) is 0.390. The molecule has 0 saturated heterocycles. The summed E-state index contributed by atoms with van der Waals surface area (Å²) in [7, 11) is -4.10. The first-order valence-electron chi connectivity index (χ1n) is 2.08. The Morgan fingerprint density at radius 3 is 2.56 bits per heavy atom. The number of aromatic nitrogens is 2. The van der Waals surface area contributed by atoms with Gasteiger partial charge in [-0.1, -0.05) is 0 Å². The molecule has 0 unspecified atom stereocenters. The first-order valence-corrected chi connectivity index (χ1v) is 3.52. The van der Waals surface area contributed by atoms with Crippen molar-refractivity contribution in [2.75, 3.05) is 0 Å². The van der Waals surface area contributed by atoms with Gasteiger partial charge in [0.15, 0.2) is 0 Å². The molecule has 2 N–H and O–H groups in total. The molecule has 1 heterocycles. The molecule has 1 aromatic rings. The summed E-state index contributed by atoms with van der Waals surface area (Å²) in [5.41, 5.74) is 0. The van der Waals surface area contributed by atoms with Crippen molar-refractivity contribution < 1.29 is 13.0 Å². The molecule has 0 aliphatic rings. The van der Waals surface area contributed by atoms with Gasteiger partial charge < -0.3 is 0 Å². The lowest BCUT2D eigenvalue weighted by Crippen LogP contribution is -1.97. The number of nitrogens with zero attached hydrogens (tertiary/aromatic N) is 1. The van der Waals surface area contributed by atoms with E-state index in [1.54, 1.807) is 0 Å². The van der Waals surface area contributed by atoms with E-state index >= 15 is 0 Å². The molecule has 0 atom stereocenters. The number of hydrogen-bond donors (Lipinski definition) is 2. The largest absolute Gasteiger partial charge is 0.313 e. The van der Waals surface area contributed by atoms with Crippen molar-refractivity contribution in [3.8, 4) is 0 Å². The van der Waals surface area contributed by atoms with E-state index in [-0.39, 0.29) is 5.03 Å². The molecule has 0 bridgehead atoms. The third-order valence-electron chi connectivity index (χ3n) is 0.739. The molecular weight excluding hydrogens is 144 g/mol. The predicted octanol–water partition coefficient (Wildman–Crippen LogP) is -0.344. The van der Waals surface area contributed by atoms with Gasteiger partial charge in [-0.05, 0) is 6.07 Å². The van der Waals surface area contributed by atoms with E-state index in [4.69, 9.17) is 4.55 Å². The lowest BCUT2D eigenvalue weighted by Gasteiger charge is -1.83. The second-order valence-electron chi connectivity index (χ2n) is 1.39. The maximum absolute atomic E-state index is 10.2. The van der Waals surface area contributed by atoms with Crippen LogP contribution in [0, 0.1) is 0 Å². The lowest BCUT2D eigenvalue weighted by molar-refractivity contribution is 0.479. The average molecular weight is 148 g/mol. The summed E-state index contributed by atoms with van der Waals surface area (Å²) in [5.74, 6) is 0. The molecule has 1 aromatic heterocycles. The highest BCUT2D eigenvalue weighted by Gasteiger charge is 2.09. The van der Waals surface area contributed by atoms with Gasteiger partial charge in [-0.3, -0.25) is 9.65 Å². The number of hydrogen-bond acceptors (Lipinski definition) is 3. The third-order valence-corrected chi connectivity index (χ3v) is 1.50. The smallest absolute Gasteiger partial charge is 0.284 e. The van der Waals surface area contributed by atoms with Crippen molar-refractivity contribution in [2.45, 2.75) is 5.03 Å². The Hall–Kier alpha value is -0.880. The molecule has 0 aliphatic carbocycles. The monoisotopic (exact) mass is 148 g/mol. The van der Waals surface area contributed by atoms with E-state index in [0.29, 0.717) is 0 Å². The van der Waals surface area contributed by atoms with Crippen LogP contribution in [0.2, 0.25) is 0 Å². The Labute approximate surface area is 51.5 Å². The van der Waals surface area contributed by atoms with E-state index in [9.17, 15) is 8.42 Å². The van der Waals surface area contributed by atoms with Crippen LogP contribution in [0.15, 0.2) is 17.3 Å². The molecule has 5 nitrogen and oxygen atoms in total. The van der Waals surface area contributed by atoms with Crippen LogP contribution in [-0.4, -0.2) is 23.2 Å². The topological polar surface area (TPSA) is 83.0 Å². The summed E-state index contributed by atoms with van der Waals surface area (Å²) in [4.78, 5) is 0. The van der Waals surface area contributed by atoms with Crippen molar-refractivity contribution in [3.63, 3.8) is 0 Å². The normalized spacial score (nSPS) is 11.7. The zero-order valence-corrected chi connectivity index (χ0v) is 5.09. The molecular formula is C3H4N2O3S. The zero-order valence-electron chi connectivity index (χ0n) is 4.27. The van der Waals surface area contributed by atoms with Gasteiger partial charge in [0.05, 0.1) is 0 Å². The van der Waals surface area contributed by atoms with Gasteiger partial charge in [0, 0.05) is 6.20 Å². The average Bonchev–Trinajstić information content (AvgIpc) is 2.08. The van der Waals surface area contributed by atoms with E-state index in [2.05, 4.69) is 10.2 Å². The summed E-state index contributed by atoms with van der Waals surface area (Å²) in [6.07, 6.45) is 1.31. The Kier molecular flexibility index (Phi) is 1.26. The Balaban J connectivity index is 3.20. The first-order chi connectivity index (χ1) is 4.11. The van der Waals surface area contributed by atoms with Gasteiger partial charge in [0.25, 0.3) is 0 Å². The molecule has 9 heavy (non-hydrogen) atoms. The van der Waals surface area contributed by atoms with E-state index in [0.717, 1.165) is 6.07 Å². The predicted molar refractivity (Wildman–Crippen MR) is 28.4 cm³/mol. The third kappa shape index (κ3) is 1.27. The van der Waals surface area contributed by atoms with Gasteiger partial charge in [0.2, 0.25) is 5.03 Å². The van der Waals surface area contributed by atoms with Gasteiger partial charge in [-0.25, -0.2) is 0 Å². The molecule has 0 radical (unpaired) electrons. The van der Waals surface area contributed by atoms with Crippen molar-refractivity contribution in [3.05, 3.63) is 12.3 Å². The number of rotatable bonds is 1. The van der Waals surface area contributed by atoms with Crippen molar-refractivity contribution >= 4 is 10.1 Å². The second-order valence-corrected chi connectivity index (χ2v) is 2.76. The molecule has 0 amide bonds. The summed E-state index contributed by atoms with van der Waals surface area (Å²) in [5, 5.41) is 5.11. The van der Waals surface area contributed by atoms with E-state index in [1.807, 2.05) is 0 Å². The Morgan fingerprint density at radius 1 is 1.67 bits per heavy atom. The summed E-state index contributed by atoms with van der Waals surface area (Å²) in [6.45, 7) is 0. The van der Waals surface area contributed by atoms with E-state index < -0.39 is 10.1 Å². The minimum Gasteiger partial charge on any atom is -0.284 e. The molecule has 1 rings (SSSR count). The molecule has 0 aliphatic heterocycles. The van der Waals surface area contributed by atoms with Crippen molar-refractivity contribution in [1.29, 1.82) is 0 Å². The summed E-state index contributed by atoms with van der Waals surface area (Å²) in [6, 6.07) is 1.16. The molecule has 50 valence electrons. The van der Waals surface area contributed by atoms with Gasteiger partial charge >= 0.3 is 10.1 Å². The highest BCUT2D eigenvalue weighted by molar-refractivity contribution is 7.85. The number of aromatic amines is 1. The Bertz CT molecular complexity index is 274. The van der Waals surface area contributed by atoms with Gasteiger partial charge in [0.1, 0.15) is 0 Å². The minimum atomic E-state index is -4.10. The quantitative estimate of drug-likeness (QED) is 0.533. The maximum Gasteiger partial charge on any atom is 0.313 e. The molecule has 6 heteroatoms. The molecule has 0 saturated carbocycles. The number of nitrogens with one attached hydrogen (secondary N) is 1. The van der Waals surface area contributed by atoms with Gasteiger partial charge in [-0.15, -0.1) is 0 Å². The van der Waals surface area contributed by atoms with Crippen LogP contribution >= 0.6 is 0 Å². The SMILES string of the molecule is O=S(=O)(O)c1cc[nH]n1. The van der Waals surface area contributed by atoms with Crippen LogP contribution in [0.3, 0.4) is 0 Å². The Morgan fingerprint density at radius 2 is 2.33 bits per heavy atom. The van der Waals surface area contributed by atoms with Crippen LogP contribution in [0.4, 0.5) is 0 Å². The maximum atomic E-state index is 10.2. The van der Waals surface area contributed by atoms with Gasteiger partial charge in [-0.2, -0.15) is 13.5 Å². The van der Waals surface area contributed by atoms with Crippen LogP contribution in [0.25, 0.3) is 0 Å².